The number of nitrogens with one attached hydrogen (secondary N) is 2. The number of rotatable bonds is 5. The van der Waals surface area contributed by atoms with Crippen molar-refractivity contribution in [1.82, 2.24) is 10.6 Å². The van der Waals surface area contributed by atoms with Crippen LogP contribution in [0.25, 0.3) is 0 Å². The smallest absolute Gasteiger partial charge is 0.224 e. The van der Waals surface area contributed by atoms with Gasteiger partial charge in [0, 0.05) is 31.1 Å². The SMILES string of the molecule is CC(=O)c1ccc(CC(=O)NCC2CNCC2O)cc1. The van der Waals surface area contributed by atoms with Gasteiger partial charge in [-0.1, -0.05) is 24.3 Å². The van der Waals surface area contributed by atoms with Crippen molar-refractivity contribution >= 4 is 11.7 Å². The second kappa shape index (κ2) is 6.63. The van der Waals surface area contributed by atoms with Gasteiger partial charge in [-0.3, -0.25) is 9.59 Å². The van der Waals surface area contributed by atoms with Gasteiger partial charge in [-0.05, 0) is 12.5 Å². The van der Waals surface area contributed by atoms with Gasteiger partial charge in [-0.25, -0.2) is 0 Å². The molecule has 1 fully saturated rings. The highest BCUT2D eigenvalue weighted by Gasteiger charge is 2.24. The van der Waals surface area contributed by atoms with Crippen molar-refractivity contribution in [3.63, 3.8) is 0 Å². The van der Waals surface area contributed by atoms with Crippen LogP contribution in [0.2, 0.25) is 0 Å². The number of aliphatic hydroxyl groups is 1. The summed E-state index contributed by atoms with van der Waals surface area (Å²) in [7, 11) is 0. The van der Waals surface area contributed by atoms with E-state index < -0.39 is 0 Å². The van der Waals surface area contributed by atoms with E-state index in [-0.39, 0.29) is 30.1 Å². The molecular weight excluding hydrogens is 256 g/mol. The summed E-state index contributed by atoms with van der Waals surface area (Å²) < 4.78 is 0. The van der Waals surface area contributed by atoms with Gasteiger partial charge in [-0.2, -0.15) is 0 Å². The van der Waals surface area contributed by atoms with Gasteiger partial charge in [0.15, 0.2) is 5.78 Å². The predicted molar refractivity (Wildman–Crippen MR) is 75.5 cm³/mol. The van der Waals surface area contributed by atoms with E-state index >= 15 is 0 Å². The number of ketones is 1. The summed E-state index contributed by atoms with van der Waals surface area (Å²) in [5.74, 6) is 0.0300. The summed E-state index contributed by atoms with van der Waals surface area (Å²) in [6, 6.07) is 7.05. The normalized spacial score (nSPS) is 21.7. The lowest BCUT2D eigenvalue weighted by Crippen LogP contribution is -2.35. The fourth-order valence-corrected chi connectivity index (χ4v) is 2.28. The molecule has 0 bridgehead atoms. The molecule has 2 unspecified atom stereocenters. The third-order valence-corrected chi connectivity index (χ3v) is 3.59. The second-order valence-corrected chi connectivity index (χ2v) is 5.22. The quantitative estimate of drug-likeness (QED) is 0.668. The van der Waals surface area contributed by atoms with Crippen LogP contribution in [0.5, 0.6) is 0 Å². The van der Waals surface area contributed by atoms with Gasteiger partial charge in [-0.15, -0.1) is 0 Å². The van der Waals surface area contributed by atoms with Crippen LogP contribution >= 0.6 is 0 Å². The number of β-amino-alcohol motifs (C(OH)–C–C–N with tert-alkyl or cyclic N) is 1. The Bertz CT molecular complexity index is 484. The van der Waals surface area contributed by atoms with Crippen LogP contribution in [0.3, 0.4) is 0 Å². The minimum atomic E-state index is -0.384. The maximum Gasteiger partial charge on any atom is 0.224 e. The van der Waals surface area contributed by atoms with Gasteiger partial charge in [0.25, 0.3) is 0 Å². The highest BCUT2D eigenvalue weighted by molar-refractivity contribution is 5.94. The van der Waals surface area contributed by atoms with Crippen molar-refractivity contribution in [3.8, 4) is 0 Å². The zero-order valence-electron chi connectivity index (χ0n) is 11.6. The zero-order chi connectivity index (χ0) is 14.5. The summed E-state index contributed by atoms with van der Waals surface area (Å²) in [5, 5.41) is 15.5. The Morgan fingerprint density at radius 1 is 1.30 bits per heavy atom. The average Bonchev–Trinajstić information content (AvgIpc) is 2.82. The van der Waals surface area contributed by atoms with Crippen molar-refractivity contribution in [3.05, 3.63) is 35.4 Å². The molecule has 1 heterocycles. The van der Waals surface area contributed by atoms with Crippen molar-refractivity contribution < 1.29 is 14.7 Å². The molecular formula is C15H20N2O3. The highest BCUT2D eigenvalue weighted by atomic mass is 16.3. The Hall–Kier alpha value is -1.72. The third-order valence-electron chi connectivity index (χ3n) is 3.59. The van der Waals surface area contributed by atoms with E-state index in [1.54, 1.807) is 24.3 Å². The van der Waals surface area contributed by atoms with E-state index in [1.807, 2.05) is 0 Å². The molecule has 0 radical (unpaired) electrons. The largest absolute Gasteiger partial charge is 0.391 e. The Morgan fingerprint density at radius 2 is 2.00 bits per heavy atom. The Kier molecular flexibility index (Phi) is 4.87. The molecule has 1 aromatic rings. The average molecular weight is 276 g/mol. The summed E-state index contributed by atoms with van der Waals surface area (Å²) in [4.78, 5) is 23.0. The first-order valence-electron chi connectivity index (χ1n) is 6.81. The molecule has 0 saturated carbocycles. The van der Waals surface area contributed by atoms with E-state index in [1.165, 1.54) is 6.92 Å². The first kappa shape index (κ1) is 14.7. The predicted octanol–water partition coefficient (Wildman–Crippen LogP) is 0.128. The number of hydrogen-bond acceptors (Lipinski definition) is 4. The minimum absolute atomic E-state index is 0.0173. The molecule has 1 aliphatic rings. The van der Waals surface area contributed by atoms with Crippen molar-refractivity contribution in [2.24, 2.45) is 5.92 Å². The maximum atomic E-state index is 11.8. The molecule has 2 rings (SSSR count). The molecule has 5 heteroatoms. The van der Waals surface area contributed by atoms with Gasteiger partial charge in [0.1, 0.15) is 0 Å². The van der Waals surface area contributed by atoms with Gasteiger partial charge in [0.2, 0.25) is 5.91 Å². The second-order valence-electron chi connectivity index (χ2n) is 5.22. The third kappa shape index (κ3) is 3.88. The number of carbonyl (C=O) groups is 2. The molecule has 1 amide bonds. The van der Waals surface area contributed by atoms with E-state index in [9.17, 15) is 14.7 Å². The summed E-state index contributed by atoms with van der Waals surface area (Å²) in [5.41, 5.74) is 1.52. The van der Waals surface area contributed by atoms with Crippen LogP contribution in [0.1, 0.15) is 22.8 Å². The van der Waals surface area contributed by atoms with Crippen molar-refractivity contribution in [2.75, 3.05) is 19.6 Å². The molecule has 1 saturated heterocycles. The molecule has 0 spiro atoms. The Morgan fingerprint density at radius 3 is 2.55 bits per heavy atom. The molecule has 3 N–H and O–H groups in total. The van der Waals surface area contributed by atoms with Crippen LogP contribution in [0.15, 0.2) is 24.3 Å². The number of benzene rings is 1. The standard InChI is InChI=1S/C15H20N2O3/c1-10(18)12-4-2-11(3-5-12)6-15(20)17-8-13-7-16-9-14(13)19/h2-5,13-14,16,19H,6-9H2,1H3,(H,17,20). The molecule has 0 aromatic heterocycles. The van der Waals surface area contributed by atoms with Gasteiger partial charge < -0.3 is 15.7 Å². The number of Topliss-reactive ketones (excluding diaryl/α,β-unsaturated/α-hetero) is 1. The van der Waals surface area contributed by atoms with E-state index in [4.69, 9.17) is 0 Å². The molecule has 5 nitrogen and oxygen atoms in total. The first-order chi connectivity index (χ1) is 9.56. The number of carbonyl (C=O) groups excluding carboxylic acids is 2. The lowest BCUT2D eigenvalue weighted by molar-refractivity contribution is -0.120. The molecule has 2 atom stereocenters. The number of hydrogen-bond donors (Lipinski definition) is 3. The fourth-order valence-electron chi connectivity index (χ4n) is 2.28. The number of amides is 1. The number of aliphatic hydroxyl groups excluding tert-OH is 1. The molecule has 1 aliphatic heterocycles. The topological polar surface area (TPSA) is 78.4 Å². The highest BCUT2D eigenvalue weighted by Crippen LogP contribution is 2.08. The van der Waals surface area contributed by atoms with Gasteiger partial charge in [0.05, 0.1) is 12.5 Å². The van der Waals surface area contributed by atoms with Crippen LogP contribution in [-0.2, 0) is 11.2 Å². The Balaban J connectivity index is 1.80. The summed E-state index contributed by atoms with van der Waals surface area (Å²) in [6.07, 6.45) is -0.0980. The van der Waals surface area contributed by atoms with E-state index in [0.717, 1.165) is 12.1 Å². The summed E-state index contributed by atoms with van der Waals surface area (Å²) in [6.45, 7) is 3.32. The van der Waals surface area contributed by atoms with Crippen molar-refractivity contribution in [1.29, 1.82) is 0 Å². The van der Waals surface area contributed by atoms with E-state index in [0.29, 0.717) is 18.7 Å². The molecule has 20 heavy (non-hydrogen) atoms. The van der Waals surface area contributed by atoms with Crippen molar-refractivity contribution in [2.45, 2.75) is 19.4 Å². The van der Waals surface area contributed by atoms with Crippen LogP contribution < -0.4 is 10.6 Å². The van der Waals surface area contributed by atoms with E-state index in [2.05, 4.69) is 10.6 Å². The minimum Gasteiger partial charge on any atom is -0.391 e. The first-order valence-corrected chi connectivity index (χ1v) is 6.81. The Labute approximate surface area is 118 Å². The maximum absolute atomic E-state index is 11.8. The molecule has 1 aromatic carbocycles. The van der Waals surface area contributed by atoms with Crippen LogP contribution in [0.4, 0.5) is 0 Å². The monoisotopic (exact) mass is 276 g/mol. The fraction of sp³-hybridized carbons (Fsp3) is 0.467. The van der Waals surface area contributed by atoms with Gasteiger partial charge >= 0.3 is 0 Å². The lowest BCUT2D eigenvalue weighted by atomic mass is 10.1. The lowest BCUT2D eigenvalue weighted by Gasteiger charge is -2.14. The molecule has 108 valence electrons. The molecule has 0 aliphatic carbocycles. The van der Waals surface area contributed by atoms with Crippen LogP contribution in [-0.4, -0.2) is 42.5 Å². The zero-order valence-corrected chi connectivity index (χ0v) is 11.6. The van der Waals surface area contributed by atoms with Crippen LogP contribution in [0, 0.1) is 5.92 Å². The summed E-state index contributed by atoms with van der Waals surface area (Å²) >= 11 is 0.